The Hall–Kier alpha value is -1.99. The highest BCUT2D eigenvalue weighted by Gasteiger charge is 2.19. The standard InChI is InChI=1S/C11H11Cl2N3O4/c12-7-2-1-6(3-8(7)13)15-11(20)16(4-9(14)17)5-10(18)19/h1-3H,4-5H2,(H2,14,17)(H,15,20)(H,18,19). The predicted molar refractivity (Wildman–Crippen MR) is 73.9 cm³/mol. The first kappa shape index (κ1) is 16.1. The van der Waals surface area contributed by atoms with Gasteiger partial charge in [0.2, 0.25) is 5.91 Å². The number of carbonyl (C=O) groups is 3. The molecule has 9 heteroatoms. The maximum absolute atomic E-state index is 11.8. The Bertz CT molecular complexity index is 534. The number of nitrogens with zero attached hydrogens (tertiary/aromatic N) is 1. The van der Waals surface area contributed by atoms with Gasteiger partial charge >= 0.3 is 12.0 Å². The summed E-state index contributed by atoms with van der Waals surface area (Å²) in [6.45, 7) is -1.17. The van der Waals surface area contributed by atoms with Crippen molar-refractivity contribution in [3.63, 3.8) is 0 Å². The van der Waals surface area contributed by atoms with Gasteiger partial charge in [-0.2, -0.15) is 0 Å². The normalized spacial score (nSPS) is 9.90. The molecule has 7 nitrogen and oxygen atoms in total. The molecule has 0 saturated carbocycles. The number of nitrogens with two attached hydrogens (primary N) is 1. The Kier molecular flexibility index (Phi) is 5.60. The van der Waals surface area contributed by atoms with Crippen LogP contribution in [0.3, 0.4) is 0 Å². The van der Waals surface area contributed by atoms with E-state index >= 15 is 0 Å². The lowest BCUT2D eigenvalue weighted by Gasteiger charge is -2.19. The van der Waals surface area contributed by atoms with Crippen LogP contribution in [0.1, 0.15) is 0 Å². The second-order valence-electron chi connectivity index (χ2n) is 3.78. The molecule has 20 heavy (non-hydrogen) atoms. The van der Waals surface area contributed by atoms with E-state index in [2.05, 4.69) is 5.32 Å². The van der Waals surface area contributed by atoms with E-state index in [0.29, 0.717) is 10.7 Å². The van der Waals surface area contributed by atoms with Gasteiger partial charge in [0, 0.05) is 5.69 Å². The van der Waals surface area contributed by atoms with Crippen LogP contribution in [0.5, 0.6) is 0 Å². The Labute approximate surface area is 124 Å². The summed E-state index contributed by atoms with van der Waals surface area (Å²) in [5.41, 5.74) is 5.26. The fraction of sp³-hybridized carbons (Fsp3) is 0.182. The van der Waals surface area contributed by atoms with E-state index in [1.54, 1.807) is 0 Å². The van der Waals surface area contributed by atoms with Gasteiger partial charge in [-0.3, -0.25) is 9.59 Å². The van der Waals surface area contributed by atoms with Gasteiger partial charge in [0.05, 0.1) is 10.0 Å². The molecule has 0 spiro atoms. The first-order chi connectivity index (χ1) is 9.29. The van der Waals surface area contributed by atoms with Crippen molar-refractivity contribution in [1.29, 1.82) is 0 Å². The number of hydrogen-bond acceptors (Lipinski definition) is 3. The first-order valence-corrected chi connectivity index (χ1v) is 6.06. The number of primary amides is 1. The largest absolute Gasteiger partial charge is 0.480 e. The predicted octanol–water partition coefficient (Wildman–Crippen LogP) is 1.40. The SMILES string of the molecule is NC(=O)CN(CC(=O)O)C(=O)Nc1ccc(Cl)c(Cl)c1. The minimum absolute atomic E-state index is 0.226. The molecular formula is C11H11Cl2N3O4. The smallest absolute Gasteiger partial charge is 0.323 e. The maximum atomic E-state index is 11.8. The summed E-state index contributed by atoms with van der Waals surface area (Å²) in [6, 6.07) is 3.56. The van der Waals surface area contributed by atoms with Gasteiger partial charge in [0.15, 0.2) is 0 Å². The molecule has 0 saturated heterocycles. The Morgan fingerprint density at radius 3 is 2.35 bits per heavy atom. The lowest BCUT2D eigenvalue weighted by molar-refractivity contribution is -0.137. The molecule has 0 aromatic heterocycles. The van der Waals surface area contributed by atoms with E-state index < -0.39 is 31.0 Å². The number of amides is 3. The van der Waals surface area contributed by atoms with Crippen LogP contribution >= 0.6 is 23.2 Å². The zero-order chi connectivity index (χ0) is 15.3. The number of carboxylic acid groups (broad SMARTS) is 1. The molecule has 0 aliphatic rings. The number of hydrogen-bond donors (Lipinski definition) is 3. The van der Waals surface area contributed by atoms with Crippen molar-refractivity contribution in [2.75, 3.05) is 18.4 Å². The third-order valence-corrected chi connectivity index (χ3v) is 2.87. The first-order valence-electron chi connectivity index (χ1n) is 5.30. The van der Waals surface area contributed by atoms with Crippen molar-refractivity contribution >= 4 is 46.8 Å². The number of urea groups is 1. The molecule has 0 fully saturated rings. The minimum atomic E-state index is -1.27. The van der Waals surface area contributed by atoms with Crippen molar-refractivity contribution in [3.8, 4) is 0 Å². The molecule has 0 unspecified atom stereocenters. The van der Waals surface area contributed by atoms with Crippen LogP contribution in [-0.2, 0) is 9.59 Å². The van der Waals surface area contributed by atoms with Crippen molar-refractivity contribution in [1.82, 2.24) is 4.90 Å². The lowest BCUT2D eigenvalue weighted by atomic mass is 10.3. The number of carboxylic acids is 1. The summed E-state index contributed by atoms with van der Waals surface area (Å²) < 4.78 is 0. The molecule has 0 aliphatic heterocycles. The maximum Gasteiger partial charge on any atom is 0.323 e. The fourth-order valence-electron chi connectivity index (χ4n) is 1.33. The summed E-state index contributed by atoms with van der Waals surface area (Å²) in [5.74, 6) is -2.09. The fourth-order valence-corrected chi connectivity index (χ4v) is 1.63. The van der Waals surface area contributed by atoms with Gasteiger partial charge in [-0.05, 0) is 18.2 Å². The molecule has 3 amide bonds. The molecular weight excluding hydrogens is 309 g/mol. The van der Waals surface area contributed by atoms with Crippen molar-refractivity contribution in [2.45, 2.75) is 0 Å². The highest BCUT2D eigenvalue weighted by Crippen LogP contribution is 2.25. The average Bonchev–Trinajstić information content (AvgIpc) is 2.32. The second kappa shape index (κ2) is 6.97. The average molecular weight is 320 g/mol. The van der Waals surface area contributed by atoms with Gasteiger partial charge < -0.3 is 21.1 Å². The molecule has 0 aliphatic carbocycles. The topological polar surface area (TPSA) is 113 Å². The summed E-state index contributed by atoms with van der Waals surface area (Å²) >= 11 is 11.5. The number of carbonyl (C=O) groups excluding carboxylic acids is 2. The number of nitrogens with one attached hydrogen (secondary N) is 1. The zero-order valence-corrected chi connectivity index (χ0v) is 11.6. The number of halogens is 2. The molecule has 4 N–H and O–H groups in total. The van der Waals surface area contributed by atoms with Crippen LogP contribution in [0.2, 0.25) is 10.0 Å². The third kappa shape index (κ3) is 4.94. The van der Waals surface area contributed by atoms with Gasteiger partial charge in [-0.15, -0.1) is 0 Å². The summed E-state index contributed by atoms with van der Waals surface area (Å²) in [6.07, 6.45) is 0. The molecule has 1 aromatic rings. The van der Waals surface area contributed by atoms with E-state index in [1.165, 1.54) is 18.2 Å². The zero-order valence-electron chi connectivity index (χ0n) is 10.1. The summed E-state index contributed by atoms with van der Waals surface area (Å²) in [5, 5.41) is 11.6. The molecule has 1 aromatic carbocycles. The Morgan fingerprint density at radius 1 is 1.20 bits per heavy atom. The third-order valence-electron chi connectivity index (χ3n) is 2.13. The van der Waals surface area contributed by atoms with E-state index in [-0.39, 0.29) is 5.02 Å². The number of rotatable bonds is 5. The number of benzene rings is 1. The van der Waals surface area contributed by atoms with Gasteiger partial charge in [-0.1, -0.05) is 23.2 Å². The van der Waals surface area contributed by atoms with Crippen molar-refractivity contribution in [2.24, 2.45) is 5.73 Å². The molecule has 0 atom stereocenters. The van der Waals surface area contributed by atoms with Crippen LogP contribution in [0.25, 0.3) is 0 Å². The lowest BCUT2D eigenvalue weighted by Crippen LogP contribution is -2.43. The van der Waals surface area contributed by atoms with Crippen LogP contribution in [0.15, 0.2) is 18.2 Å². The molecule has 0 heterocycles. The second-order valence-corrected chi connectivity index (χ2v) is 4.59. The minimum Gasteiger partial charge on any atom is -0.480 e. The van der Waals surface area contributed by atoms with E-state index in [9.17, 15) is 14.4 Å². The van der Waals surface area contributed by atoms with Crippen LogP contribution < -0.4 is 11.1 Å². The van der Waals surface area contributed by atoms with Gasteiger partial charge in [0.25, 0.3) is 0 Å². The van der Waals surface area contributed by atoms with E-state index in [1.807, 2.05) is 0 Å². The van der Waals surface area contributed by atoms with E-state index in [4.69, 9.17) is 34.0 Å². The monoisotopic (exact) mass is 319 g/mol. The highest BCUT2D eigenvalue weighted by atomic mass is 35.5. The van der Waals surface area contributed by atoms with Crippen molar-refractivity contribution in [3.05, 3.63) is 28.2 Å². The summed E-state index contributed by atoms with van der Waals surface area (Å²) in [7, 11) is 0. The summed E-state index contributed by atoms with van der Waals surface area (Å²) in [4.78, 5) is 34.1. The van der Waals surface area contributed by atoms with Gasteiger partial charge in [-0.25, -0.2) is 4.79 Å². The molecule has 0 radical (unpaired) electrons. The van der Waals surface area contributed by atoms with Crippen molar-refractivity contribution < 1.29 is 19.5 Å². The quantitative estimate of drug-likeness (QED) is 0.761. The van der Waals surface area contributed by atoms with E-state index in [0.717, 1.165) is 4.90 Å². The highest BCUT2D eigenvalue weighted by molar-refractivity contribution is 6.42. The molecule has 108 valence electrons. The molecule has 1 rings (SSSR count). The Morgan fingerprint density at radius 2 is 1.85 bits per heavy atom. The van der Waals surface area contributed by atoms with Crippen LogP contribution in [0.4, 0.5) is 10.5 Å². The van der Waals surface area contributed by atoms with Crippen LogP contribution in [-0.4, -0.2) is 41.0 Å². The Balaban J connectivity index is 2.81. The van der Waals surface area contributed by atoms with Gasteiger partial charge in [0.1, 0.15) is 13.1 Å². The number of anilines is 1. The molecule has 0 bridgehead atoms. The number of aliphatic carboxylic acids is 1. The van der Waals surface area contributed by atoms with Crippen LogP contribution in [0, 0.1) is 0 Å².